The van der Waals surface area contributed by atoms with Gasteiger partial charge >= 0.3 is 0 Å². The summed E-state index contributed by atoms with van der Waals surface area (Å²) in [5, 5.41) is 10.5. The topological polar surface area (TPSA) is 59.0 Å². The van der Waals surface area contributed by atoms with Crippen LogP contribution in [0.25, 0.3) is 0 Å². The van der Waals surface area contributed by atoms with Crippen LogP contribution in [-0.2, 0) is 24.1 Å². The number of aryl methyl sites for hydroxylation is 1. The molecule has 1 saturated heterocycles. The molecule has 1 fully saturated rings. The Labute approximate surface area is 163 Å². The molecule has 1 aromatic carbocycles. The lowest BCUT2D eigenvalue weighted by Crippen LogP contribution is -2.34. The average Bonchev–Trinajstić information content (AvgIpc) is 3.22. The molecule has 2 aromatic rings. The predicted octanol–water partition coefficient (Wildman–Crippen LogP) is 2.46. The van der Waals surface area contributed by atoms with Gasteiger partial charge in [-0.25, -0.2) is 4.39 Å². The van der Waals surface area contributed by atoms with Crippen molar-refractivity contribution in [2.45, 2.75) is 18.2 Å². The summed E-state index contributed by atoms with van der Waals surface area (Å²) in [6.07, 6.45) is 5.78. The normalized spacial score (nSPS) is 19.2. The molecule has 26 heavy (non-hydrogen) atoms. The van der Waals surface area contributed by atoms with Crippen LogP contribution < -0.4 is 10.6 Å². The second kappa shape index (κ2) is 9.39. The molecule has 0 spiro atoms. The Morgan fingerprint density at radius 3 is 2.92 bits per heavy atom. The van der Waals surface area contributed by atoms with Gasteiger partial charge in [0.25, 0.3) is 0 Å². The minimum absolute atomic E-state index is 0. The zero-order chi connectivity index (χ0) is 17.8. The molecule has 1 aliphatic rings. The van der Waals surface area contributed by atoms with E-state index < -0.39 is 0 Å². The third kappa shape index (κ3) is 4.78. The minimum atomic E-state index is -0.240. The molecule has 142 valence electrons. The number of nitrogens with one attached hydrogen (secondary N) is 2. The second-order valence-corrected chi connectivity index (χ2v) is 7.25. The van der Waals surface area contributed by atoms with Crippen molar-refractivity contribution >= 4 is 30.1 Å². The first-order valence-electron chi connectivity index (χ1n) is 8.31. The minimum Gasteiger partial charge on any atom is -0.352 e. The van der Waals surface area contributed by atoms with Gasteiger partial charge in [-0.1, -0.05) is 6.07 Å². The van der Waals surface area contributed by atoms with Gasteiger partial charge in [0.1, 0.15) is 5.82 Å². The fourth-order valence-electron chi connectivity index (χ4n) is 3.31. The molecule has 5 nitrogen and oxygen atoms in total. The number of nitrogens with zero attached hydrogens (tertiary/aromatic N) is 2. The van der Waals surface area contributed by atoms with Crippen molar-refractivity contribution in [2.24, 2.45) is 13.0 Å². The number of thioether (sulfide) groups is 1. The fraction of sp³-hybridized carbons (Fsp3) is 0.444. The number of hydrogen-bond acceptors (Lipinski definition) is 4. The van der Waals surface area contributed by atoms with E-state index in [2.05, 4.69) is 15.7 Å². The number of amides is 1. The van der Waals surface area contributed by atoms with Crippen LogP contribution in [0.1, 0.15) is 22.6 Å². The first-order chi connectivity index (χ1) is 12.1. The standard InChI is InChI=1S/C18H23FN4OS.ClH/c1-23-10-14(7-22-23)16-8-20-9-17(16)18(24)21-6-12-3-4-15(19)5-13(12)11-25-2;/h3-5,7,10,16-17,20H,6,8-9,11H2,1-2H3,(H,21,24);1H/t16-,17+;/m1./s1. The predicted molar refractivity (Wildman–Crippen MR) is 105 cm³/mol. The Balaban J connectivity index is 0.00000243. The largest absolute Gasteiger partial charge is 0.352 e. The lowest BCUT2D eigenvalue weighted by Gasteiger charge is -2.18. The van der Waals surface area contributed by atoms with Gasteiger partial charge in [-0.15, -0.1) is 12.4 Å². The number of carbonyl (C=O) groups is 1. The van der Waals surface area contributed by atoms with Crippen molar-refractivity contribution in [1.29, 1.82) is 0 Å². The molecule has 2 heterocycles. The number of carbonyl (C=O) groups excluding carboxylic acids is 1. The van der Waals surface area contributed by atoms with Crippen molar-refractivity contribution in [3.8, 4) is 0 Å². The summed E-state index contributed by atoms with van der Waals surface area (Å²) in [7, 11) is 1.88. The maximum absolute atomic E-state index is 13.4. The first-order valence-corrected chi connectivity index (χ1v) is 9.71. The molecule has 8 heteroatoms. The first kappa shape index (κ1) is 20.7. The van der Waals surface area contributed by atoms with Crippen LogP contribution in [0.15, 0.2) is 30.6 Å². The number of hydrogen-bond donors (Lipinski definition) is 2. The van der Waals surface area contributed by atoms with Crippen LogP contribution in [0, 0.1) is 11.7 Å². The molecule has 0 aliphatic carbocycles. The number of rotatable bonds is 6. The lowest BCUT2D eigenvalue weighted by atomic mass is 9.90. The summed E-state index contributed by atoms with van der Waals surface area (Å²) in [6, 6.07) is 4.75. The van der Waals surface area contributed by atoms with E-state index in [1.807, 2.05) is 25.7 Å². The van der Waals surface area contributed by atoms with Crippen molar-refractivity contribution < 1.29 is 9.18 Å². The summed E-state index contributed by atoms with van der Waals surface area (Å²) in [6.45, 7) is 1.86. The van der Waals surface area contributed by atoms with Gasteiger partial charge in [-0.3, -0.25) is 9.48 Å². The lowest BCUT2D eigenvalue weighted by molar-refractivity contribution is -0.125. The van der Waals surface area contributed by atoms with E-state index in [1.165, 1.54) is 6.07 Å². The number of halogens is 2. The zero-order valence-corrected chi connectivity index (χ0v) is 16.5. The maximum Gasteiger partial charge on any atom is 0.225 e. The van der Waals surface area contributed by atoms with Crippen molar-refractivity contribution in [1.82, 2.24) is 20.4 Å². The van der Waals surface area contributed by atoms with Gasteiger partial charge in [0.05, 0.1) is 12.1 Å². The van der Waals surface area contributed by atoms with Crippen molar-refractivity contribution in [3.63, 3.8) is 0 Å². The molecule has 0 unspecified atom stereocenters. The van der Waals surface area contributed by atoms with E-state index in [-0.39, 0.29) is 36.0 Å². The zero-order valence-electron chi connectivity index (χ0n) is 14.9. The molecule has 2 atom stereocenters. The number of benzene rings is 1. The van der Waals surface area contributed by atoms with Gasteiger partial charge in [-0.2, -0.15) is 16.9 Å². The molecule has 0 saturated carbocycles. The van der Waals surface area contributed by atoms with E-state index in [0.29, 0.717) is 13.1 Å². The van der Waals surface area contributed by atoms with Crippen molar-refractivity contribution in [3.05, 3.63) is 53.1 Å². The summed E-state index contributed by atoms with van der Waals surface area (Å²) in [5.74, 6) is 0.530. The third-order valence-corrected chi connectivity index (χ3v) is 5.22. The summed E-state index contributed by atoms with van der Waals surface area (Å²) in [4.78, 5) is 12.7. The van der Waals surface area contributed by atoms with Gasteiger partial charge in [0.2, 0.25) is 5.91 Å². The van der Waals surface area contributed by atoms with Crippen LogP contribution in [-0.4, -0.2) is 35.0 Å². The van der Waals surface area contributed by atoms with Gasteiger partial charge in [-0.05, 0) is 35.1 Å². The summed E-state index contributed by atoms with van der Waals surface area (Å²) in [5.41, 5.74) is 2.98. The van der Waals surface area contributed by atoms with Gasteiger partial charge in [0, 0.05) is 44.5 Å². The molecule has 1 aliphatic heterocycles. The maximum atomic E-state index is 13.4. The van der Waals surface area contributed by atoms with Crippen LogP contribution in [0.3, 0.4) is 0 Å². The highest BCUT2D eigenvalue weighted by molar-refractivity contribution is 7.97. The molecular formula is C18H24ClFN4OS. The van der Waals surface area contributed by atoms with E-state index >= 15 is 0 Å². The van der Waals surface area contributed by atoms with E-state index in [4.69, 9.17) is 0 Å². The Morgan fingerprint density at radius 2 is 2.23 bits per heavy atom. The summed E-state index contributed by atoms with van der Waals surface area (Å²) < 4.78 is 15.2. The molecule has 1 aromatic heterocycles. The molecule has 0 radical (unpaired) electrons. The SMILES string of the molecule is CSCc1cc(F)ccc1CNC(=O)[C@H]1CNC[C@@H]1c1cnn(C)c1.Cl. The molecule has 3 rings (SSSR count). The molecule has 1 amide bonds. The molecular weight excluding hydrogens is 375 g/mol. The third-order valence-electron chi connectivity index (χ3n) is 4.63. The molecule has 2 N–H and O–H groups in total. The Bertz CT molecular complexity index is 755. The quantitative estimate of drug-likeness (QED) is 0.784. The summed E-state index contributed by atoms with van der Waals surface area (Å²) >= 11 is 1.64. The van der Waals surface area contributed by atoms with Gasteiger partial charge < -0.3 is 10.6 Å². The van der Waals surface area contributed by atoms with Gasteiger partial charge in [0.15, 0.2) is 0 Å². The van der Waals surface area contributed by atoms with E-state index in [1.54, 1.807) is 28.6 Å². The van der Waals surface area contributed by atoms with Crippen LogP contribution >= 0.6 is 24.2 Å². The van der Waals surface area contributed by atoms with Crippen molar-refractivity contribution in [2.75, 3.05) is 19.3 Å². The van der Waals surface area contributed by atoms with E-state index in [0.717, 1.165) is 29.0 Å². The van der Waals surface area contributed by atoms with E-state index in [9.17, 15) is 9.18 Å². The fourth-order valence-corrected chi connectivity index (χ4v) is 3.89. The van der Waals surface area contributed by atoms with Crippen LogP contribution in [0.4, 0.5) is 4.39 Å². The van der Waals surface area contributed by atoms with Crippen LogP contribution in [0.5, 0.6) is 0 Å². The molecule has 0 bridgehead atoms. The Kier molecular flexibility index (Phi) is 7.49. The Hall–Kier alpha value is -1.57. The monoisotopic (exact) mass is 398 g/mol. The second-order valence-electron chi connectivity index (χ2n) is 6.38. The highest BCUT2D eigenvalue weighted by Gasteiger charge is 2.34. The number of aromatic nitrogens is 2. The smallest absolute Gasteiger partial charge is 0.225 e. The Morgan fingerprint density at radius 1 is 1.42 bits per heavy atom. The average molecular weight is 399 g/mol. The highest BCUT2D eigenvalue weighted by atomic mass is 35.5. The highest BCUT2D eigenvalue weighted by Crippen LogP contribution is 2.28. The van der Waals surface area contributed by atoms with Crippen LogP contribution in [0.2, 0.25) is 0 Å².